The number of halogens is 1. The first kappa shape index (κ1) is 8.88. The molecule has 1 rings (SSSR count). The molecule has 0 fully saturated rings. The van der Waals surface area contributed by atoms with E-state index < -0.39 is 0 Å². The number of carbonyl (C=O) groups excluding carboxylic acids is 1. The lowest BCUT2D eigenvalue weighted by Gasteiger charge is -2.06. The van der Waals surface area contributed by atoms with Crippen LogP contribution in [0, 0.1) is 6.42 Å². The summed E-state index contributed by atoms with van der Waals surface area (Å²) in [5, 5.41) is 4.26. The zero-order chi connectivity index (χ0) is 8.10. The van der Waals surface area contributed by atoms with Crippen LogP contribution in [0.5, 0.6) is 0 Å². The molecule has 1 aliphatic heterocycles. The van der Waals surface area contributed by atoms with Gasteiger partial charge in [-0.15, -0.1) is 11.6 Å². The number of hydrogen-bond donors (Lipinski definition) is 1. The standard InChI is InChI=1S/C8H10ClOS/c9-7-8(10)3-6-11-4-1-2-5-11/h1-5,11H,6-7H2. The van der Waals surface area contributed by atoms with Gasteiger partial charge in [-0.3, -0.25) is 4.79 Å². The van der Waals surface area contributed by atoms with E-state index in [9.17, 15) is 4.79 Å². The SMILES string of the molecule is O=C([CH]C[SH]1C=CC=C1)CCl. The second-order valence-corrected chi connectivity index (χ2v) is 4.44. The van der Waals surface area contributed by atoms with Gasteiger partial charge in [-0.25, -0.2) is 10.9 Å². The highest BCUT2D eigenvalue weighted by atomic mass is 35.5. The lowest BCUT2D eigenvalue weighted by Crippen LogP contribution is -2.02. The lowest BCUT2D eigenvalue weighted by atomic mass is 10.3. The maximum Gasteiger partial charge on any atom is 0.152 e. The van der Waals surface area contributed by atoms with Crippen molar-refractivity contribution < 1.29 is 4.79 Å². The number of ketones is 1. The van der Waals surface area contributed by atoms with E-state index >= 15 is 0 Å². The van der Waals surface area contributed by atoms with Gasteiger partial charge < -0.3 is 0 Å². The Kier molecular flexibility index (Phi) is 3.73. The average Bonchev–Trinajstić information content (AvgIpc) is 2.52. The second kappa shape index (κ2) is 4.62. The minimum Gasteiger partial charge on any atom is -0.298 e. The van der Waals surface area contributed by atoms with Crippen LogP contribution in [-0.4, -0.2) is 17.4 Å². The molecule has 0 aromatic carbocycles. The average molecular weight is 190 g/mol. The lowest BCUT2D eigenvalue weighted by molar-refractivity contribution is -0.113. The summed E-state index contributed by atoms with van der Waals surface area (Å²) < 4.78 is 0. The zero-order valence-electron chi connectivity index (χ0n) is 6.03. The number of thiol groups is 1. The Labute approximate surface area is 74.5 Å². The summed E-state index contributed by atoms with van der Waals surface area (Å²) in [5.74, 6) is 0.979. The minimum atomic E-state index is -0.179. The van der Waals surface area contributed by atoms with Crippen molar-refractivity contribution in [1.82, 2.24) is 0 Å². The van der Waals surface area contributed by atoms with E-state index in [0.717, 1.165) is 5.75 Å². The fourth-order valence-corrected chi connectivity index (χ4v) is 2.26. The van der Waals surface area contributed by atoms with Gasteiger partial charge in [0.25, 0.3) is 0 Å². The largest absolute Gasteiger partial charge is 0.298 e. The van der Waals surface area contributed by atoms with Gasteiger partial charge in [0.2, 0.25) is 0 Å². The van der Waals surface area contributed by atoms with Crippen molar-refractivity contribution in [2.45, 2.75) is 0 Å². The Morgan fingerprint density at radius 1 is 1.45 bits per heavy atom. The highest BCUT2D eigenvalue weighted by Gasteiger charge is 2.03. The highest BCUT2D eigenvalue weighted by molar-refractivity contribution is 8.22. The predicted molar refractivity (Wildman–Crippen MR) is 52.2 cm³/mol. The minimum absolute atomic E-state index is 0.0304. The number of alkyl halides is 1. The number of rotatable bonds is 4. The molecular formula is C8H10ClOS. The van der Waals surface area contributed by atoms with Crippen molar-refractivity contribution in [3.63, 3.8) is 0 Å². The van der Waals surface area contributed by atoms with Crippen molar-refractivity contribution in [1.29, 1.82) is 0 Å². The molecule has 11 heavy (non-hydrogen) atoms. The van der Waals surface area contributed by atoms with Crippen LogP contribution in [0.4, 0.5) is 0 Å². The van der Waals surface area contributed by atoms with Gasteiger partial charge >= 0.3 is 0 Å². The van der Waals surface area contributed by atoms with Gasteiger partial charge in [-0.2, -0.15) is 0 Å². The van der Waals surface area contributed by atoms with Crippen molar-refractivity contribution in [2.24, 2.45) is 0 Å². The van der Waals surface area contributed by atoms with Gasteiger partial charge in [0.15, 0.2) is 5.78 Å². The Hall–Kier alpha value is -0.210. The molecule has 0 N–H and O–H groups in total. The molecule has 0 aromatic heterocycles. The van der Waals surface area contributed by atoms with Crippen molar-refractivity contribution >= 4 is 28.3 Å². The van der Waals surface area contributed by atoms with Gasteiger partial charge in [-0.05, 0) is 16.6 Å². The number of allylic oxidation sites excluding steroid dienone is 2. The summed E-state index contributed by atoms with van der Waals surface area (Å²) in [5.41, 5.74) is 0. The van der Waals surface area contributed by atoms with Crippen molar-refractivity contribution in [3.8, 4) is 0 Å². The maximum absolute atomic E-state index is 10.7. The zero-order valence-corrected chi connectivity index (χ0v) is 7.68. The molecule has 0 aromatic rings. The van der Waals surface area contributed by atoms with Gasteiger partial charge in [0, 0.05) is 6.42 Å². The quantitative estimate of drug-likeness (QED) is 0.529. The molecule has 0 unspecified atom stereocenters. The fraction of sp³-hybridized carbons (Fsp3) is 0.250. The summed E-state index contributed by atoms with van der Waals surface area (Å²) in [6.45, 7) is 0. The molecule has 0 saturated heterocycles. The number of hydrogen-bond acceptors (Lipinski definition) is 1. The van der Waals surface area contributed by atoms with Crippen LogP contribution in [0.1, 0.15) is 0 Å². The molecule has 0 spiro atoms. The third-order valence-electron chi connectivity index (χ3n) is 1.33. The molecular weight excluding hydrogens is 180 g/mol. The van der Waals surface area contributed by atoms with E-state index in [1.165, 1.54) is 0 Å². The predicted octanol–water partition coefficient (Wildman–Crippen LogP) is 2.04. The Balaban J connectivity index is 2.17. The van der Waals surface area contributed by atoms with E-state index in [-0.39, 0.29) is 22.6 Å². The Morgan fingerprint density at radius 3 is 2.64 bits per heavy atom. The first-order valence-corrected chi connectivity index (χ1v) is 5.55. The first-order chi connectivity index (χ1) is 5.33. The fourth-order valence-electron chi connectivity index (χ4n) is 0.754. The van der Waals surface area contributed by atoms with Crippen LogP contribution in [-0.2, 0) is 4.79 Å². The number of Topliss-reactive ketones (excluding diaryl/α,β-unsaturated/α-hetero) is 1. The molecule has 0 aliphatic carbocycles. The van der Waals surface area contributed by atoms with Crippen LogP contribution < -0.4 is 0 Å². The van der Waals surface area contributed by atoms with E-state index in [4.69, 9.17) is 11.6 Å². The summed E-state index contributed by atoms with van der Waals surface area (Å²) in [4.78, 5) is 10.7. The topological polar surface area (TPSA) is 17.1 Å². The normalized spacial score (nSPS) is 17.7. The molecule has 1 heterocycles. The smallest absolute Gasteiger partial charge is 0.152 e. The summed E-state index contributed by atoms with van der Waals surface area (Å²) in [7, 11) is -0.179. The first-order valence-electron chi connectivity index (χ1n) is 3.35. The van der Waals surface area contributed by atoms with Crippen LogP contribution >= 0.6 is 22.5 Å². The molecule has 1 nitrogen and oxygen atoms in total. The molecule has 0 saturated carbocycles. The third-order valence-corrected chi connectivity index (χ3v) is 3.31. The monoisotopic (exact) mass is 189 g/mol. The van der Waals surface area contributed by atoms with Crippen LogP contribution in [0.2, 0.25) is 0 Å². The van der Waals surface area contributed by atoms with E-state index in [2.05, 4.69) is 10.8 Å². The summed E-state index contributed by atoms with van der Waals surface area (Å²) in [6.07, 6.45) is 5.72. The Morgan fingerprint density at radius 2 is 2.09 bits per heavy atom. The van der Waals surface area contributed by atoms with Gasteiger partial charge in [0.1, 0.15) is 0 Å². The third kappa shape index (κ3) is 3.12. The van der Waals surface area contributed by atoms with Crippen molar-refractivity contribution in [3.05, 3.63) is 29.4 Å². The van der Waals surface area contributed by atoms with Crippen LogP contribution in [0.15, 0.2) is 23.0 Å². The maximum atomic E-state index is 10.7. The molecule has 1 aliphatic rings. The van der Waals surface area contributed by atoms with E-state index in [1.807, 2.05) is 12.2 Å². The Bertz CT molecular complexity index is 186. The van der Waals surface area contributed by atoms with Gasteiger partial charge in [-0.1, -0.05) is 12.2 Å². The van der Waals surface area contributed by atoms with Crippen LogP contribution in [0.3, 0.4) is 0 Å². The van der Waals surface area contributed by atoms with Crippen molar-refractivity contribution in [2.75, 3.05) is 11.6 Å². The molecule has 0 amide bonds. The second-order valence-electron chi connectivity index (χ2n) is 2.18. The molecule has 1 radical (unpaired) electrons. The van der Waals surface area contributed by atoms with E-state index in [0.29, 0.717) is 0 Å². The van der Waals surface area contributed by atoms with E-state index in [1.54, 1.807) is 6.42 Å². The summed E-state index contributed by atoms with van der Waals surface area (Å²) >= 11 is 5.33. The van der Waals surface area contributed by atoms with Gasteiger partial charge in [0.05, 0.1) is 5.88 Å². The molecule has 3 heteroatoms. The number of carbonyl (C=O) groups is 1. The molecule has 0 bridgehead atoms. The van der Waals surface area contributed by atoms with Crippen LogP contribution in [0.25, 0.3) is 0 Å². The highest BCUT2D eigenvalue weighted by Crippen LogP contribution is 2.32. The summed E-state index contributed by atoms with van der Waals surface area (Å²) in [6, 6.07) is 0. The molecule has 61 valence electrons. The molecule has 0 atom stereocenters.